The van der Waals surface area contributed by atoms with Crippen molar-refractivity contribution in [1.82, 2.24) is 15.3 Å². The second-order valence-corrected chi connectivity index (χ2v) is 10.6. The molecule has 0 aromatic heterocycles. The van der Waals surface area contributed by atoms with E-state index >= 15 is 0 Å². The Bertz CT molecular complexity index is 1250. The molecule has 2 aromatic rings. The number of thiocarbonyl (C=S) groups is 1. The maximum absolute atomic E-state index is 13.0. The van der Waals surface area contributed by atoms with Crippen LogP contribution in [0, 0.1) is 0 Å². The number of benzene rings is 2. The predicted molar refractivity (Wildman–Crippen MR) is 153 cm³/mol. The summed E-state index contributed by atoms with van der Waals surface area (Å²) in [5.74, 6) is -0.306. The van der Waals surface area contributed by atoms with Crippen LogP contribution in [0.3, 0.4) is 0 Å². The first-order chi connectivity index (χ1) is 17.7. The van der Waals surface area contributed by atoms with Gasteiger partial charge < -0.3 is 14.4 Å². The molecule has 0 radical (unpaired) electrons. The van der Waals surface area contributed by atoms with E-state index in [1.165, 1.54) is 6.07 Å². The van der Waals surface area contributed by atoms with Crippen molar-refractivity contribution >= 4 is 79.6 Å². The van der Waals surface area contributed by atoms with Gasteiger partial charge in [-0.05, 0) is 90.9 Å². The Balaban J connectivity index is 1.80. The van der Waals surface area contributed by atoms with Gasteiger partial charge in [0.1, 0.15) is 0 Å². The third-order valence-electron chi connectivity index (χ3n) is 5.18. The molecule has 0 bridgehead atoms. The molecule has 3 rings (SSSR count). The number of rotatable bonds is 10. The molecular formula is C25H25BrClN3O5S2. The van der Waals surface area contributed by atoms with Crippen molar-refractivity contribution in [3.8, 4) is 11.5 Å². The van der Waals surface area contributed by atoms with Crippen molar-refractivity contribution in [2.75, 3.05) is 26.3 Å². The molecule has 0 aliphatic carbocycles. The lowest BCUT2D eigenvalue weighted by Crippen LogP contribution is -2.44. The third kappa shape index (κ3) is 7.25. The molecule has 1 heterocycles. The summed E-state index contributed by atoms with van der Waals surface area (Å²) in [6, 6.07) is 9.83. The topological polar surface area (TPSA) is 88.2 Å². The molecule has 0 spiro atoms. The van der Waals surface area contributed by atoms with Gasteiger partial charge in [0.05, 0.1) is 16.0 Å². The third-order valence-corrected chi connectivity index (χ3v) is 7.31. The summed E-state index contributed by atoms with van der Waals surface area (Å²) in [5, 5.41) is 1.43. The highest BCUT2D eigenvalue weighted by Crippen LogP contribution is 2.39. The average molecular weight is 627 g/mol. The van der Waals surface area contributed by atoms with Crippen LogP contribution in [-0.4, -0.2) is 58.3 Å². The van der Waals surface area contributed by atoms with E-state index in [0.717, 1.165) is 16.8 Å². The first-order valence-electron chi connectivity index (χ1n) is 11.4. The molecule has 8 nitrogen and oxygen atoms in total. The van der Waals surface area contributed by atoms with Crippen LogP contribution in [0.25, 0.3) is 6.08 Å². The van der Waals surface area contributed by atoms with Crippen molar-refractivity contribution in [3.05, 3.63) is 61.9 Å². The van der Waals surface area contributed by atoms with E-state index in [9.17, 15) is 14.4 Å². The number of hydrogen-bond acceptors (Lipinski definition) is 7. The minimum absolute atomic E-state index is 0.132. The first-order valence-corrected chi connectivity index (χ1v) is 13.8. The molecule has 0 saturated carbocycles. The molecule has 0 atom stereocenters. The molecule has 2 aromatic carbocycles. The monoisotopic (exact) mass is 625 g/mol. The van der Waals surface area contributed by atoms with Crippen molar-refractivity contribution in [2.45, 2.75) is 20.8 Å². The zero-order valence-corrected chi connectivity index (χ0v) is 24.4. The number of thioether (sulfide) groups is 1. The molecule has 0 unspecified atom stereocenters. The highest BCUT2D eigenvalue weighted by molar-refractivity contribution is 9.10. The van der Waals surface area contributed by atoms with E-state index in [4.69, 9.17) is 33.3 Å². The van der Waals surface area contributed by atoms with Crippen LogP contribution in [0.2, 0.25) is 5.02 Å². The summed E-state index contributed by atoms with van der Waals surface area (Å²) in [4.78, 5) is 40.0. The van der Waals surface area contributed by atoms with E-state index in [-0.39, 0.29) is 16.8 Å². The Hall–Kier alpha value is -2.60. The Kier molecular flexibility index (Phi) is 10.4. The largest absolute Gasteiger partial charge is 0.490 e. The zero-order valence-electron chi connectivity index (χ0n) is 20.4. The molecule has 12 heteroatoms. The summed E-state index contributed by atoms with van der Waals surface area (Å²) in [6.45, 7) is 7.06. The lowest BCUT2D eigenvalue weighted by Gasteiger charge is -2.20. The molecule has 1 aliphatic rings. The summed E-state index contributed by atoms with van der Waals surface area (Å²) >= 11 is 15.8. The van der Waals surface area contributed by atoms with E-state index in [0.29, 0.717) is 56.7 Å². The standard InChI is InChI=1S/C25H25BrClN3O5S2/c1-4-29(5-2)21(31)14-35-22-18(26)10-15(11-19(22)34-6-3)12-20-24(33)30(25(36)37-20)28-23(32)16-8-7-9-17(27)13-16/h7-13H,4-6,14H2,1-3H3,(H,28,32)/b20-12+. The van der Waals surface area contributed by atoms with Gasteiger partial charge in [-0.3, -0.25) is 19.8 Å². The minimum atomic E-state index is -0.512. The van der Waals surface area contributed by atoms with E-state index in [1.54, 1.807) is 41.3 Å². The number of likely N-dealkylation sites (N-methyl/N-ethyl adjacent to an activating group) is 1. The fourth-order valence-electron chi connectivity index (χ4n) is 3.39. The first kappa shape index (κ1) is 29.0. The number of hydrazine groups is 1. The van der Waals surface area contributed by atoms with Crippen LogP contribution in [0.1, 0.15) is 36.7 Å². The number of ether oxygens (including phenoxy) is 2. The maximum atomic E-state index is 13.0. The number of carbonyl (C=O) groups is 3. The van der Waals surface area contributed by atoms with E-state index in [2.05, 4.69) is 21.4 Å². The van der Waals surface area contributed by atoms with Crippen molar-refractivity contribution in [3.63, 3.8) is 0 Å². The normalized spacial score (nSPS) is 14.2. The van der Waals surface area contributed by atoms with Crippen LogP contribution < -0.4 is 14.9 Å². The second-order valence-electron chi connectivity index (χ2n) is 7.59. The number of nitrogens with one attached hydrogen (secondary N) is 1. The molecule has 3 amide bonds. The number of carbonyl (C=O) groups excluding carboxylic acids is 3. The fourth-order valence-corrected chi connectivity index (χ4v) is 5.33. The van der Waals surface area contributed by atoms with E-state index in [1.807, 2.05) is 20.8 Å². The lowest BCUT2D eigenvalue weighted by atomic mass is 10.2. The highest BCUT2D eigenvalue weighted by Gasteiger charge is 2.34. The maximum Gasteiger partial charge on any atom is 0.285 e. The fraction of sp³-hybridized carbons (Fsp3) is 0.280. The predicted octanol–water partition coefficient (Wildman–Crippen LogP) is 5.29. The number of hydrogen-bond donors (Lipinski definition) is 1. The Morgan fingerprint density at radius 2 is 1.92 bits per heavy atom. The molecule has 37 heavy (non-hydrogen) atoms. The summed E-state index contributed by atoms with van der Waals surface area (Å²) in [5.41, 5.74) is 3.46. The van der Waals surface area contributed by atoms with Gasteiger partial charge in [0, 0.05) is 23.7 Å². The van der Waals surface area contributed by atoms with Gasteiger partial charge >= 0.3 is 0 Å². The van der Waals surface area contributed by atoms with Crippen LogP contribution in [0.5, 0.6) is 11.5 Å². The lowest BCUT2D eigenvalue weighted by molar-refractivity contribution is -0.133. The summed E-state index contributed by atoms with van der Waals surface area (Å²) in [6.07, 6.45) is 1.64. The molecule has 1 fully saturated rings. The Morgan fingerprint density at radius 1 is 1.19 bits per heavy atom. The van der Waals surface area contributed by atoms with Crippen molar-refractivity contribution < 1.29 is 23.9 Å². The van der Waals surface area contributed by atoms with Gasteiger partial charge in [-0.2, -0.15) is 5.01 Å². The van der Waals surface area contributed by atoms with Gasteiger partial charge in [0.15, 0.2) is 22.4 Å². The number of nitrogens with zero attached hydrogens (tertiary/aromatic N) is 2. The van der Waals surface area contributed by atoms with Gasteiger partial charge in [0.2, 0.25) is 0 Å². The average Bonchev–Trinajstić information content (AvgIpc) is 3.11. The Morgan fingerprint density at radius 3 is 2.57 bits per heavy atom. The van der Waals surface area contributed by atoms with E-state index < -0.39 is 11.8 Å². The number of halogens is 2. The molecule has 1 aliphatic heterocycles. The van der Waals surface area contributed by atoms with Gasteiger partial charge in [-0.25, -0.2) is 0 Å². The van der Waals surface area contributed by atoms with Gasteiger partial charge in [-0.15, -0.1) is 0 Å². The van der Waals surface area contributed by atoms with Gasteiger partial charge in [-0.1, -0.05) is 29.4 Å². The van der Waals surface area contributed by atoms with Crippen molar-refractivity contribution in [2.24, 2.45) is 0 Å². The second kappa shape index (κ2) is 13.3. The molecule has 1 saturated heterocycles. The number of amides is 3. The van der Waals surface area contributed by atoms with Crippen LogP contribution in [-0.2, 0) is 9.59 Å². The Labute approximate surface area is 238 Å². The molecule has 1 N–H and O–H groups in total. The smallest absolute Gasteiger partial charge is 0.285 e. The van der Waals surface area contributed by atoms with Crippen LogP contribution in [0.15, 0.2) is 45.8 Å². The van der Waals surface area contributed by atoms with Crippen molar-refractivity contribution in [1.29, 1.82) is 0 Å². The SMILES string of the molecule is CCOc1cc(/C=C2/SC(=S)N(NC(=O)c3cccc(Cl)c3)C2=O)cc(Br)c1OCC(=O)N(CC)CC. The summed E-state index contributed by atoms with van der Waals surface area (Å²) < 4.78 is 12.3. The van der Waals surface area contributed by atoms with Crippen LogP contribution >= 0.6 is 51.5 Å². The minimum Gasteiger partial charge on any atom is -0.490 e. The van der Waals surface area contributed by atoms with Gasteiger partial charge in [0.25, 0.3) is 17.7 Å². The molecule has 196 valence electrons. The highest BCUT2D eigenvalue weighted by atomic mass is 79.9. The summed E-state index contributed by atoms with van der Waals surface area (Å²) in [7, 11) is 0. The van der Waals surface area contributed by atoms with Crippen LogP contribution in [0.4, 0.5) is 0 Å². The zero-order chi connectivity index (χ0) is 27.1. The molecular weight excluding hydrogens is 602 g/mol. The quantitative estimate of drug-likeness (QED) is 0.283.